The Labute approximate surface area is 221 Å². The summed E-state index contributed by atoms with van der Waals surface area (Å²) in [5.41, 5.74) is 4.21. The lowest BCUT2D eigenvalue weighted by Crippen LogP contribution is -2.27. The van der Waals surface area contributed by atoms with Crippen LogP contribution in [0.25, 0.3) is 23.3 Å². The Morgan fingerprint density at radius 1 is 1.22 bits per heavy atom. The highest BCUT2D eigenvalue weighted by Gasteiger charge is 2.24. The molecule has 2 atom stereocenters. The van der Waals surface area contributed by atoms with E-state index in [1.807, 2.05) is 18.3 Å². The van der Waals surface area contributed by atoms with Crippen LogP contribution in [0.5, 0.6) is 5.75 Å². The molecule has 2 heterocycles. The zero-order valence-electron chi connectivity index (χ0n) is 21.0. The second-order valence-corrected chi connectivity index (χ2v) is 10.1. The van der Waals surface area contributed by atoms with Crippen molar-refractivity contribution in [2.75, 3.05) is 26.3 Å². The highest BCUT2D eigenvalue weighted by Crippen LogP contribution is 2.40. The van der Waals surface area contributed by atoms with Gasteiger partial charge in [-0.3, -0.25) is 14.4 Å². The third-order valence-corrected chi connectivity index (χ3v) is 7.58. The second kappa shape index (κ2) is 11.6. The number of aromatic amines is 1. The summed E-state index contributed by atoms with van der Waals surface area (Å²) in [6, 6.07) is 12.9. The molecule has 0 saturated carbocycles. The van der Waals surface area contributed by atoms with Gasteiger partial charge in [0.2, 0.25) is 0 Å². The van der Waals surface area contributed by atoms with Crippen molar-refractivity contribution in [2.45, 2.75) is 38.7 Å². The van der Waals surface area contributed by atoms with Crippen LogP contribution < -0.4 is 15.3 Å². The molecular weight excluding hydrogens is 492 g/mol. The minimum atomic E-state index is -0.344. The second-order valence-electron chi connectivity index (χ2n) is 9.72. The molecule has 1 aliphatic carbocycles. The van der Waals surface area contributed by atoms with Crippen LogP contribution in [0.4, 0.5) is 8.78 Å². The lowest BCUT2D eigenvalue weighted by molar-refractivity contribution is 0.198. The van der Waals surface area contributed by atoms with E-state index < -0.39 is 0 Å². The van der Waals surface area contributed by atoms with E-state index in [9.17, 15) is 8.78 Å². The standard InChI is InChI=1S/C30H32ClF2N3O/c1-2-26(27-10-7-23(33)17-28(27)31)30(21-6-11-29-22(16-21)18-34-35-29)20-4-8-24(9-5-20)37-25-12-15-36(19-25)14-3-13-32/h4-5,7-11,16-18,21,25,35H,2-3,6,12-15,19H2,1H3/b30-26+/t21?,25-/m0/s1. The number of hydrogen-bond donors (Lipinski definition) is 1. The maximum Gasteiger partial charge on any atom is 0.124 e. The van der Waals surface area contributed by atoms with Crippen molar-refractivity contribution >= 4 is 34.9 Å². The van der Waals surface area contributed by atoms with Gasteiger partial charge in [-0.1, -0.05) is 48.9 Å². The molecule has 1 N–H and O–H groups in total. The molecule has 4 nitrogen and oxygen atoms in total. The topological polar surface area (TPSA) is 41.1 Å². The number of hydrogen-bond acceptors (Lipinski definition) is 3. The molecule has 7 heteroatoms. The van der Waals surface area contributed by atoms with E-state index >= 15 is 0 Å². The van der Waals surface area contributed by atoms with Gasteiger partial charge in [-0.25, -0.2) is 4.39 Å². The Bertz CT molecular complexity index is 1380. The van der Waals surface area contributed by atoms with Crippen LogP contribution in [0.2, 0.25) is 5.02 Å². The van der Waals surface area contributed by atoms with E-state index in [0.29, 0.717) is 11.4 Å². The van der Waals surface area contributed by atoms with Crippen molar-refractivity contribution in [2.24, 2.45) is 5.92 Å². The molecule has 5 rings (SSSR count). The number of halogens is 3. The van der Waals surface area contributed by atoms with Gasteiger partial charge in [-0.2, -0.15) is 5.10 Å². The minimum Gasteiger partial charge on any atom is -0.489 e. The molecule has 2 aliphatic rings. The monoisotopic (exact) mass is 523 g/mol. The molecule has 37 heavy (non-hydrogen) atoms. The van der Waals surface area contributed by atoms with Gasteiger partial charge in [-0.05, 0) is 72.2 Å². The van der Waals surface area contributed by atoms with Gasteiger partial charge in [0.05, 0.1) is 23.2 Å². The molecule has 0 radical (unpaired) electrons. The quantitative estimate of drug-likeness (QED) is 0.370. The Balaban J connectivity index is 1.47. The number of allylic oxidation sites excluding steroid dienone is 2. The van der Waals surface area contributed by atoms with Crippen LogP contribution in [-0.4, -0.2) is 47.5 Å². The molecule has 0 spiro atoms. The zero-order valence-corrected chi connectivity index (χ0v) is 21.8. The average Bonchev–Trinajstić information content (AvgIpc) is 3.56. The highest BCUT2D eigenvalue weighted by molar-refractivity contribution is 6.32. The highest BCUT2D eigenvalue weighted by atomic mass is 35.5. The van der Waals surface area contributed by atoms with Gasteiger partial charge in [-0.15, -0.1) is 0 Å². The van der Waals surface area contributed by atoms with Crippen LogP contribution >= 0.6 is 11.6 Å². The SMILES string of the molecule is CC/C(=C(/c1ccc(O[C@H]2CCN(CCCF)C2)cc1)C1C=c2cn[nH]c2=CC1)c1ccc(F)cc1Cl. The molecule has 2 aromatic carbocycles. The van der Waals surface area contributed by atoms with Crippen LogP contribution in [0.3, 0.4) is 0 Å². The predicted octanol–water partition coefficient (Wildman–Crippen LogP) is 5.62. The number of alkyl halides is 1. The summed E-state index contributed by atoms with van der Waals surface area (Å²) in [6.45, 7) is 4.38. The lowest BCUT2D eigenvalue weighted by atomic mass is 9.81. The fourth-order valence-electron chi connectivity index (χ4n) is 5.49. The number of ether oxygens (including phenoxy) is 1. The van der Waals surface area contributed by atoms with Gasteiger partial charge in [0.15, 0.2) is 0 Å². The van der Waals surface area contributed by atoms with E-state index in [4.69, 9.17) is 16.3 Å². The summed E-state index contributed by atoms with van der Waals surface area (Å²) < 4.78 is 32.7. The Morgan fingerprint density at radius 3 is 2.81 bits per heavy atom. The molecule has 3 aromatic rings. The molecule has 194 valence electrons. The molecule has 1 saturated heterocycles. The van der Waals surface area contributed by atoms with E-state index in [1.54, 1.807) is 6.07 Å². The number of nitrogens with zero attached hydrogens (tertiary/aromatic N) is 2. The number of nitrogens with one attached hydrogen (secondary N) is 1. The largest absolute Gasteiger partial charge is 0.489 e. The Kier molecular flexibility index (Phi) is 8.06. The average molecular weight is 524 g/mol. The van der Waals surface area contributed by atoms with Crippen molar-refractivity contribution < 1.29 is 13.5 Å². The number of benzene rings is 2. The number of rotatable bonds is 9. The van der Waals surface area contributed by atoms with Gasteiger partial charge in [0.25, 0.3) is 0 Å². The molecule has 0 amide bonds. The molecular formula is C30H32ClF2N3O. The van der Waals surface area contributed by atoms with E-state index in [0.717, 1.165) is 71.9 Å². The molecule has 1 aliphatic heterocycles. The normalized spacial score (nSPS) is 20.1. The summed E-state index contributed by atoms with van der Waals surface area (Å²) in [5.74, 6) is 0.601. The van der Waals surface area contributed by atoms with Crippen LogP contribution in [0, 0.1) is 11.7 Å². The first-order chi connectivity index (χ1) is 18.1. The van der Waals surface area contributed by atoms with E-state index in [2.05, 4.69) is 46.3 Å². The fraction of sp³-hybridized carbons (Fsp3) is 0.367. The summed E-state index contributed by atoms with van der Waals surface area (Å²) in [7, 11) is 0. The third-order valence-electron chi connectivity index (χ3n) is 7.27. The zero-order chi connectivity index (χ0) is 25.8. The molecule has 1 fully saturated rings. The summed E-state index contributed by atoms with van der Waals surface area (Å²) in [4.78, 5) is 2.26. The first-order valence-electron chi connectivity index (χ1n) is 13.0. The smallest absolute Gasteiger partial charge is 0.124 e. The predicted molar refractivity (Wildman–Crippen MR) is 146 cm³/mol. The number of fused-ring (bicyclic) bond motifs is 1. The maximum absolute atomic E-state index is 13.9. The van der Waals surface area contributed by atoms with Crippen molar-refractivity contribution in [3.8, 4) is 5.75 Å². The van der Waals surface area contributed by atoms with Crippen LogP contribution in [0.1, 0.15) is 43.7 Å². The van der Waals surface area contributed by atoms with Crippen molar-refractivity contribution in [1.82, 2.24) is 15.1 Å². The molecule has 1 unspecified atom stereocenters. The summed E-state index contributed by atoms with van der Waals surface area (Å²) in [6.07, 6.45) is 9.48. The van der Waals surface area contributed by atoms with Gasteiger partial charge in [0, 0.05) is 30.8 Å². The Morgan fingerprint density at radius 2 is 2.05 bits per heavy atom. The number of likely N-dealkylation sites (tertiary alicyclic amines) is 1. The molecule has 1 aromatic heterocycles. The Hall–Kier alpha value is -2.96. The fourth-order valence-corrected chi connectivity index (χ4v) is 5.77. The first-order valence-corrected chi connectivity index (χ1v) is 13.4. The van der Waals surface area contributed by atoms with Crippen LogP contribution in [0.15, 0.2) is 48.7 Å². The van der Waals surface area contributed by atoms with Gasteiger partial charge >= 0.3 is 0 Å². The van der Waals surface area contributed by atoms with Crippen molar-refractivity contribution in [3.63, 3.8) is 0 Å². The summed E-state index contributed by atoms with van der Waals surface area (Å²) in [5, 5.41) is 9.77. The lowest BCUT2D eigenvalue weighted by Gasteiger charge is -2.24. The summed E-state index contributed by atoms with van der Waals surface area (Å²) >= 11 is 6.55. The third kappa shape index (κ3) is 5.81. The van der Waals surface area contributed by atoms with Crippen molar-refractivity contribution in [1.29, 1.82) is 0 Å². The van der Waals surface area contributed by atoms with E-state index in [1.165, 1.54) is 17.7 Å². The first kappa shape index (κ1) is 25.7. The van der Waals surface area contributed by atoms with E-state index in [-0.39, 0.29) is 24.5 Å². The number of aromatic nitrogens is 2. The number of H-pyrrole nitrogens is 1. The maximum atomic E-state index is 13.9. The van der Waals surface area contributed by atoms with Crippen LogP contribution in [-0.2, 0) is 0 Å². The minimum absolute atomic E-state index is 0.116. The van der Waals surface area contributed by atoms with Gasteiger partial charge in [0.1, 0.15) is 17.7 Å². The van der Waals surface area contributed by atoms with Crippen molar-refractivity contribution in [3.05, 3.63) is 81.2 Å². The molecule has 0 bridgehead atoms. The van der Waals surface area contributed by atoms with Gasteiger partial charge < -0.3 is 4.74 Å².